The Morgan fingerprint density at radius 1 is 1.35 bits per heavy atom. The van der Waals surface area contributed by atoms with Gasteiger partial charge in [-0.1, -0.05) is 29.8 Å². The van der Waals surface area contributed by atoms with Crippen LogP contribution in [0.5, 0.6) is 0 Å². The van der Waals surface area contributed by atoms with Crippen LogP contribution in [-0.2, 0) is 11.2 Å². The molecule has 1 aromatic carbocycles. The minimum absolute atomic E-state index is 0.224. The van der Waals surface area contributed by atoms with Crippen LogP contribution in [0.15, 0.2) is 24.3 Å². The molecule has 1 atom stereocenters. The molecule has 3 heteroatoms. The lowest BCUT2D eigenvalue weighted by atomic mass is 10.1. The summed E-state index contributed by atoms with van der Waals surface area (Å²) in [5.41, 5.74) is 2.48. The van der Waals surface area contributed by atoms with Gasteiger partial charge in [0.2, 0.25) is 5.91 Å². The molecule has 3 nitrogen and oxygen atoms in total. The number of carbonyl (C=O) groups excluding carboxylic acids is 1. The van der Waals surface area contributed by atoms with Crippen molar-refractivity contribution in [3.8, 4) is 0 Å². The second-order valence-corrected chi connectivity index (χ2v) is 5.73. The van der Waals surface area contributed by atoms with Gasteiger partial charge in [-0.05, 0) is 44.6 Å². The van der Waals surface area contributed by atoms with Crippen LogP contribution in [0.1, 0.15) is 43.2 Å². The Morgan fingerprint density at radius 2 is 2.10 bits per heavy atom. The minimum Gasteiger partial charge on any atom is -0.396 e. The number of hydrogen-bond acceptors (Lipinski definition) is 2. The highest BCUT2D eigenvalue weighted by atomic mass is 16.3. The van der Waals surface area contributed by atoms with Crippen LogP contribution >= 0.6 is 0 Å². The quantitative estimate of drug-likeness (QED) is 0.867. The van der Waals surface area contributed by atoms with Crippen molar-refractivity contribution >= 4 is 5.91 Å². The first-order chi connectivity index (χ1) is 9.70. The Hall–Kier alpha value is -1.35. The molecule has 0 bridgehead atoms. The summed E-state index contributed by atoms with van der Waals surface area (Å²) in [6.07, 6.45) is 5.35. The fourth-order valence-electron chi connectivity index (χ4n) is 2.94. The van der Waals surface area contributed by atoms with Crippen LogP contribution < -0.4 is 0 Å². The summed E-state index contributed by atoms with van der Waals surface area (Å²) >= 11 is 0. The Bertz CT molecular complexity index is 427. The van der Waals surface area contributed by atoms with Crippen LogP contribution in [0, 0.1) is 6.92 Å². The van der Waals surface area contributed by atoms with Gasteiger partial charge in [-0.25, -0.2) is 0 Å². The molecule has 0 aromatic heterocycles. The van der Waals surface area contributed by atoms with E-state index in [9.17, 15) is 4.79 Å². The molecule has 20 heavy (non-hydrogen) atoms. The fraction of sp³-hybridized carbons (Fsp3) is 0.588. The number of carbonyl (C=O) groups is 1. The third-order valence-corrected chi connectivity index (χ3v) is 4.14. The molecule has 1 heterocycles. The van der Waals surface area contributed by atoms with E-state index < -0.39 is 0 Å². The van der Waals surface area contributed by atoms with E-state index in [1.165, 1.54) is 11.1 Å². The lowest BCUT2D eigenvalue weighted by molar-refractivity contribution is -0.132. The minimum atomic E-state index is 0.224. The van der Waals surface area contributed by atoms with Gasteiger partial charge in [0.15, 0.2) is 0 Å². The normalized spacial score (nSPS) is 18.5. The summed E-state index contributed by atoms with van der Waals surface area (Å²) < 4.78 is 0. The summed E-state index contributed by atoms with van der Waals surface area (Å²) in [5.74, 6) is 0.269. The number of aryl methyl sites for hydroxylation is 2. The first kappa shape index (κ1) is 15.0. The summed E-state index contributed by atoms with van der Waals surface area (Å²) in [6.45, 7) is 3.19. The van der Waals surface area contributed by atoms with E-state index in [0.717, 1.165) is 38.6 Å². The van der Waals surface area contributed by atoms with Crippen molar-refractivity contribution in [3.63, 3.8) is 0 Å². The first-order valence-electron chi connectivity index (χ1n) is 7.66. The Morgan fingerprint density at radius 3 is 2.80 bits per heavy atom. The maximum atomic E-state index is 12.3. The third-order valence-electron chi connectivity index (χ3n) is 4.14. The number of amides is 1. The van der Waals surface area contributed by atoms with Gasteiger partial charge in [-0.2, -0.15) is 0 Å². The molecule has 0 spiro atoms. The predicted molar refractivity (Wildman–Crippen MR) is 80.6 cm³/mol. The fourth-order valence-corrected chi connectivity index (χ4v) is 2.94. The zero-order valence-electron chi connectivity index (χ0n) is 12.3. The van der Waals surface area contributed by atoms with Crippen molar-refractivity contribution in [3.05, 3.63) is 35.4 Å². The number of nitrogens with zero attached hydrogens (tertiary/aromatic N) is 1. The monoisotopic (exact) mass is 275 g/mol. The van der Waals surface area contributed by atoms with E-state index in [1.807, 2.05) is 4.90 Å². The Kier molecular flexibility index (Phi) is 5.60. The van der Waals surface area contributed by atoms with Gasteiger partial charge in [0.05, 0.1) is 0 Å². The van der Waals surface area contributed by atoms with Crippen LogP contribution in [-0.4, -0.2) is 35.1 Å². The molecule has 1 saturated heterocycles. The molecule has 0 radical (unpaired) electrons. The molecular weight excluding hydrogens is 250 g/mol. The average molecular weight is 275 g/mol. The highest BCUT2D eigenvalue weighted by Crippen LogP contribution is 2.22. The standard InChI is InChI=1S/C17H25NO2/c1-14-6-8-15(9-7-14)10-11-17(20)18-12-2-4-16(18)5-3-13-19/h6-9,16,19H,2-5,10-13H2,1H3. The molecule has 110 valence electrons. The van der Waals surface area contributed by atoms with Gasteiger partial charge in [-0.15, -0.1) is 0 Å². The Balaban J connectivity index is 1.83. The second kappa shape index (κ2) is 7.44. The van der Waals surface area contributed by atoms with Gasteiger partial charge < -0.3 is 10.0 Å². The van der Waals surface area contributed by atoms with Crippen molar-refractivity contribution in [1.82, 2.24) is 4.90 Å². The molecule has 0 saturated carbocycles. The van der Waals surface area contributed by atoms with E-state index >= 15 is 0 Å². The van der Waals surface area contributed by atoms with Gasteiger partial charge in [0.25, 0.3) is 0 Å². The van der Waals surface area contributed by atoms with Crippen molar-refractivity contribution < 1.29 is 9.90 Å². The number of aliphatic hydroxyl groups is 1. The zero-order valence-corrected chi connectivity index (χ0v) is 12.3. The van der Waals surface area contributed by atoms with Gasteiger partial charge in [0, 0.05) is 25.6 Å². The van der Waals surface area contributed by atoms with E-state index in [-0.39, 0.29) is 12.5 Å². The molecule has 1 aliphatic rings. The van der Waals surface area contributed by atoms with Crippen molar-refractivity contribution in [1.29, 1.82) is 0 Å². The third kappa shape index (κ3) is 4.07. The van der Waals surface area contributed by atoms with Crippen molar-refractivity contribution in [2.24, 2.45) is 0 Å². The van der Waals surface area contributed by atoms with Crippen LogP contribution in [0.25, 0.3) is 0 Å². The van der Waals surface area contributed by atoms with Crippen molar-refractivity contribution in [2.75, 3.05) is 13.2 Å². The van der Waals surface area contributed by atoms with Gasteiger partial charge in [-0.3, -0.25) is 4.79 Å². The van der Waals surface area contributed by atoms with E-state index in [1.54, 1.807) is 0 Å². The molecular formula is C17H25NO2. The second-order valence-electron chi connectivity index (χ2n) is 5.73. The molecule has 0 aliphatic carbocycles. The van der Waals surface area contributed by atoms with Gasteiger partial charge >= 0.3 is 0 Å². The summed E-state index contributed by atoms with van der Waals surface area (Å²) in [7, 11) is 0. The maximum Gasteiger partial charge on any atom is 0.223 e. The molecule has 1 fully saturated rings. The maximum absolute atomic E-state index is 12.3. The number of benzene rings is 1. The Labute approximate surface area is 121 Å². The number of hydrogen-bond donors (Lipinski definition) is 1. The molecule has 1 aromatic rings. The number of aliphatic hydroxyl groups excluding tert-OH is 1. The molecule has 2 rings (SSSR count). The number of likely N-dealkylation sites (tertiary alicyclic amines) is 1. The zero-order chi connectivity index (χ0) is 14.4. The molecule has 1 amide bonds. The summed E-state index contributed by atoms with van der Waals surface area (Å²) in [6, 6.07) is 8.76. The lowest BCUT2D eigenvalue weighted by Gasteiger charge is -2.24. The van der Waals surface area contributed by atoms with Crippen molar-refractivity contribution in [2.45, 2.75) is 51.5 Å². The average Bonchev–Trinajstić information content (AvgIpc) is 2.92. The smallest absolute Gasteiger partial charge is 0.223 e. The number of rotatable bonds is 6. The molecule has 1 N–H and O–H groups in total. The van der Waals surface area contributed by atoms with Crippen LogP contribution in [0.3, 0.4) is 0 Å². The van der Waals surface area contributed by atoms with Crippen LogP contribution in [0.4, 0.5) is 0 Å². The summed E-state index contributed by atoms with van der Waals surface area (Å²) in [4.78, 5) is 14.4. The van der Waals surface area contributed by atoms with Gasteiger partial charge in [0.1, 0.15) is 0 Å². The van der Waals surface area contributed by atoms with E-state index in [2.05, 4.69) is 31.2 Å². The van der Waals surface area contributed by atoms with E-state index in [0.29, 0.717) is 12.5 Å². The predicted octanol–water partition coefficient (Wildman–Crippen LogP) is 2.69. The highest BCUT2D eigenvalue weighted by molar-refractivity contribution is 5.77. The lowest BCUT2D eigenvalue weighted by Crippen LogP contribution is -2.35. The SMILES string of the molecule is Cc1ccc(CCC(=O)N2CCCC2CCCO)cc1. The first-order valence-corrected chi connectivity index (χ1v) is 7.66. The summed E-state index contributed by atoms with van der Waals surface area (Å²) in [5, 5.41) is 8.92. The molecule has 1 unspecified atom stereocenters. The highest BCUT2D eigenvalue weighted by Gasteiger charge is 2.27. The topological polar surface area (TPSA) is 40.5 Å². The molecule has 1 aliphatic heterocycles. The largest absolute Gasteiger partial charge is 0.396 e. The van der Waals surface area contributed by atoms with E-state index in [4.69, 9.17) is 5.11 Å². The van der Waals surface area contributed by atoms with Crippen LogP contribution in [0.2, 0.25) is 0 Å².